The fraction of sp³-hybridized carbons (Fsp3) is 0.214. The molecular weight excluding hydrogens is 200 g/mol. The monoisotopic (exact) mass is 214 g/mol. The average Bonchev–Trinajstić information content (AvgIpc) is 2.31. The molecule has 0 saturated heterocycles. The Morgan fingerprint density at radius 3 is 2.69 bits per heavy atom. The van der Waals surface area contributed by atoms with Crippen molar-refractivity contribution in [3.05, 3.63) is 53.6 Å². The van der Waals surface area contributed by atoms with E-state index in [1.165, 1.54) is 0 Å². The second kappa shape index (κ2) is 4.90. The third kappa shape index (κ3) is 2.47. The highest BCUT2D eigenvalue weighted by Gasteiger charge is 2.19. The van der Waals surface area contributed by atoms with Gasteiger partial charge in [0.05, 0.1) is 0 Å². The largest absolute Gasteiger partial charge is 0.370 e. The summed E-state index contributed by atoms with van der Waals surface area (Å²) in [5.74, 6) is 0.118. The number of rotatable bonds is 2. The lowest BCUT2D eigenvalue weighted by atomic mass is 9.97. The molecule has 0 heterocycles. The Morgan fingerprint density at radius 2 is 2.06 bits per heavy atom. The second-order valence-electron chi connectivity index (χ2n) is 3.79. The first kappa shape index (κ1) is 10.8. The lowest BCUT2D eigenvalue weighted by molar-refractivity contribution is -0.125. The van der Waals surface area contributed by atoms with Crippen LogP contribution in [0.2, 0.25) is 0 Å². The maximum Gasteiger partial charge on any atom is 0.169 e. The molecular formula is C14H14O2. The smallest absolute Gasteiger partial charge is 0.169 e. The highest BCUT2D eigenvalue weighted by Crippen LogP contribution is 2.18. The van der Waals surface area contributed by atoms with Crippen molar-refractivity contribution in [2.24, 2.45) is 0 Å². The summed E-state index contributed by atoms with van der Waals surface area (Å²) in [5.41, 5.74) is 2.15. The number of carbonyl (C=O) groups excluding carboxylic acids is 1. The Bertz CT molecular complexity index is 429. The van der Waals surface area contributed by atoms with Gasteiger partial charge in [-0.05, 0) is 17.2 Å². The Hall–Kier alpha value is -1.67. The minimum atomic E-state index is -0.368. The maximum absolute atomic E-state index is 11.6. The molecule has 0 bridgehead atoms. The number of hydrogen-bond donors (Lipinski definition) is 0. The number of ketones is 1. The van der Waals surface area contributed by atoms with Gasteiger partial charge in [0, 0.05) is 13.5 Å². The molecule has 1 unspecified atom stereocenters. The second-order valence-corrected chi connectivity index (χ2v) is 3.79. The molecule has 82 valence electrons. The Morgan fingerprint density at radius 1 is 1.31 bits per heavy atom. The van der Waals surface area contributed by atoms with E-state index in [0.29, 0.717) is 6.42 Å². The highest BCUT2D eigenvalue weighted by molar-refractivity contribution is 5.90. The summed E-state index contributed by atoms with van der Waals surface area (Å²) in [6.07, 6.45) is 5.88. The van der Waals surface area contributed by atoms with Gasteiger partial charge in [0.25, 0.3) is 0 Å². The third-order valence-corrected chi connectivity index (χ3v) is 2.59. The van der Waals surface area contributed by atoms with Gasteiger partial charge >= 0.3 is 0 Å². The molecule has 1 aromatic rings. The predicted molar refractivity (Wildman–Crippen MR) is 64.0 cm³/mol. The van der Waals surface area contributed by atoms with Gasteiger partial charge in [0.2, 0.25) is 0 Å². The van der Waals surface area contributed by atoms with Crippen molar-refractivity contribution in [3.63, 3.8) is 0 Å². The van der Waals surface area contributed by atoms with Crippen molar-refractivity contribution in [2.75, 3.05) is 7.11 Å². The van der Waals surface area contributed by atoms with E-state index in [9.17, 15) is 4.79 Å². The Labute approximate surface area is 95.2 Å². The molecule has 0 radical (unpaired) electrons. The van der Waals surface area contributed by atoms with E-state index >= 15 is 0 Å². The summed E-state index contributed by atoms with van der Waals surface area (Å²) in [4.78, 5) is 11.6. The molecule has 1 aliphatic carbocycles. The molecule has 1 aromatic carbocycles. The lowest BCUT2D eigenvalue weighted by Crippen LogP contribution is -2.23. The molecule has 0 aliphatic heterocycles. The van der Waals surface area contributed by atoms with Crippen LogP contribution < -0.4 is 0 Å². The third-order valence-electron chi connectivity index (χ3n) is 2.59. The summed E-state index contributed by atoms with van der Waals surface area (Å²) < 4.78 is 5.04. The molecule has 0 aromatic heterocycles. The van der Waals surface area contributed by atoms with E-state index in [1.807, 2.05) is 42.5 Å². The van der Waals surface area contributed by atoms with Crippen LogP contribution in [0.3, 0.4) is 0 Å². The van der Waals surface area contributed by atoms with Crippen LogP contribution in [0.25, 0.3) is 6.08 Å². The number of Topliss-reactive ketones (excluding diaryl/α,β-unsaturated/α-hetero) is 1. The number of carbonyl (C=O) groups is 1. The van der Waals surface area contributed by atoms with Gasteiger partial charge in [-0.2, -0.15) is 0 Å². The molecule has 16 heavy (non-hydrogen) atoms. The summed E-state index contributed by atoms with van der Waals surface area (Å²) in [6, 6.07) is 9.99. The van der Waals surface area contributed by atoms with Gasteiger partial charge in [-0.3, -0.25) is 4.79 Å². The van der Waals surface area contributed by atoms with Crippen molar-refractivity contribution >= 4 is 11.9 Å². The SMILES string of the molecule is COC1C=CC(=Cc2ccccc2)CC1=O. The first-order valence-corrected chi connectivity index (χ1v) is 5.29. The maximum atomic E-state index is 11.6. The molecule has 1 aliphatic rings. The standard InChI is InChI=1S/C14H14O2/c1-16-14-8-7-12(10-13(14)15)9-11-5-3-2-4-6-11/h2-9,14H,10H2,1H3. The summed E-state index contributed by atoms with van der Waals surface area (Å²) >= 11 is 0. The fourth-order valence-electron chi connectivity index (χ4n) is 1.75. The van der Waals surface area contributed by atoms with Gasteiger partial charge in [0.15, 0.2) is 5.78 Å². The number of hydrogen-bond acceptors (Lipinski definition) is 2. The first-order valence-electron chi connectivity index (χ1n) is 5.29. The lowest BCUT2D eigenvalue weighted by Gasteiger charge is -2.15. The Balaban J connectivity index is 2.19. The van der Waals surface area contributed by atoms with Gasteiger partial charge in [-0.25, -0.2) is 0 Å². The molecule has 0 saturated carbocycles. The van der Waals surface area contributed by atoms with E-state index in [4.69, 9.17) is 4.74 Å². The van der Waals surface area contributed by atoms with Crippen LogP contribution in [0, 0.1) is 0 Å². The van der Waals surface area contributed by atoms with Crippen molar-refractivity contribution in [2.45, 2.75) is 12.5 Å². The van der Waals surface area contributed by atoms with Crippen LogP contribution in [0.4, 0.5) is 0 Å². The number of benzene rings is 1. The zero-order valence-electron chi connectivity index (χ0n) is 9.22. The number of methoxy groups -OCH3 is 1. The first-order chi connectivity index (χ1) is 7.79. The number of allylic oxidation sites excluding steroid dienone is 2. The quantitative estimate of drug-likeness (QED) is 0.756. The molecule has 2 heteroatoms. The summed E-state index contributed by atoms with van der Waals surface area (Å²) in [5, 5.41) is 0. The normalized spacial score (nSPS) is 22.7. The molecule has 0 N–H and O–H groups in total. The van der Waals surface area contributed by atoms with E-state index < -0.39 is 0 Å². The van der Waals surface area contributed by atoms with Crippen molar-refractivity contribution in [1.29, 1.82) is 0 Å². The van der Waals surface area contributed by atoms with Crippen molar-refractivity contribution in [3.8, 4) is 0 Å². The van der Waals surface area contributed by atoms with Gasteiger partial charge < -0.3 is 4.74 Å². The van der Waals surface area contributed by atoms with Crippen LogP contribution in [-0.4, -0.2) is 19.0 Å². The predicted octanol–water partition coefficient (Wildman–Crippen LogP) is 2.61. The van der Waals surface area contributed by atoms with Crippen LogP contribution in [0.15, 0.2) is 48.1 Å². The zero-order chi connectivity index (χ0) is 11.4. The van der Waals surface area contributed by atoms with Crippen LogP contribution in [-0.2, 0) is 9.53 Å². The molecule has 0 fully saturated rings. The zero-order valence-corrected chi connectivity index (χ0v) is 9.22. The molecule has 0 spiro atoms. The van der Waals surface area contributed by atoms with Crippen LogP contribution in [0.1, 0.15) is 12.0 Å². The van der Waals surface area contributed by atoms with E-state index in [1.54, 1.807) is 13.2 Å². The topological polar surface area (TPSA) is 26.3 Å². The Kier molecular flexibility index (Phi) is 3.32. The molecule has 0 amide bonds. The van der Waals surface area contributed by atoms with Crippen LogP contribution in [0.5, 0.6) is 0 Å². The summed E-state index contributed by atoms with van der Waals surface area (Å²) in [6.45, 7) is 0. The van der Waals surface area contributed by atoms with Crippen LogP contribution >= 0.6 is 0 Å². The summed E-state index contributed by atoms with van der Waals surface area (Å²) in [7, 11) is 1.55. The molecule has 2 rings (SSSR count). The van der Waals surface area contributed by atoms with E-state index in [2.05, 4.69) is 0 Å². The van der Waals surface area contributed by atoms with E-state index in [-0.39, 0.29) is 11.9 Å². The van der Waals surface area contributed by atoms with Crippen molar-refractivity contribution < 1.29 is 9.53 Å². The van der Waals surface area contributed by atoms with Crippen molar-refractivity contribution in [1.82, 2.24) is 0 Å². The molecule has 1 atom stereocenters. The fourth-order valence-corrected chi connectivity index (χ4v) is 1.75. The van der Waals surface area contributed by atoms with Gasteiger partial charge in [0.1, 0.15) is 6.10 Å². The van der Waals surface area contributed by atoms with E-state index in [0.717, 1.165) is 11.1 Å². The number of ether oxygens (including phenoxy) is 1. The average molecular weight is 214 g/mol. The molecule has 2 nitrogen and oxygen atoms in total. The highest BCUT2D eigenvalue weighted by atomic mass is 16.5. The minimum absolute atomic E-state index is 0.118. The van der Waals surface area contributed by atoms with Gasteiger partial charge in [-0.15, -0.1) is 0 Å². The minimum Gasteiger partial charge on any atom is -0.370 e. The van der Waals surface area contributed by atoms with Gasteiger partial charge in [-0.1, -0.05) is 42.5 Å².